The molecule has 5 heteroatoms. The van der Waals surface area contributed by atoms with Crippen LogP contribution in [0.2, 0.25) is 0 Å². The number of para-hydroxylation sites is 1. The summed E-state index contributed by atoms with van der Waals surface area (Å²) in [7, 11) is 0. The van der Waals surface area contributed by atoms with Gasteiger partial charge in [0, 0.05) is 27.8 Å². The molecule has 3 aromatic carbocycles. The summed E-state index contributed by atoms with van der Waals surface area (Å²) in [4.78, 5) is 0. The van der Waals surface area contributed by atoms with Crippen LogP contribution in [0, 0.1) is 22.7 Å². The molecule has 36 heavy (non-hydrogen) atoms. The molecule has 5 aromatic rings. The second-order valence-electron chi connectivity index (χ2n) is 8.81. The molecular formula is C31H17N5. The largest absolute Gasteiger partial charge is 0.347 e. The number of benzene rings is 3. The lowest BCUT2D eigenvalue weighted by Gasteiger charge is -2.26. The second-order valence-corrected chi connectivity index (χ2v) is 8.81. The molecule has 1 N–H and O–H groups in total. The van der Waals surface area contributed by atoms with Crippen LogP contribution in [0.25, 0.3) is 50.7 Å². The van der Waals surface area contributed by atoms with E-state index in [-0.39, 0.29) is 6.17 Å². The van der Waals surface area contributed by atoms with Gasteiger partial charge in [-0.15, -0.1) is 0 Å². The number of hydrogen-bond donors (Lipinski definition) is 1. The predicted octanol–water partition coefficient (Wildman–Crippen LogP) is 6.44. The topological polar surface area (TPSA) is 69.5 Å². The fourth-order valence-corrected chi connectivity index (χ4v) is 5.34. The van der Waals surface area contributed by atoms with E-state index in [2.05, 4.69) is 74.5 Å². The smallest absolute Gasteiger partial charge is 0.124 e. The average molecular weight is 460 g/mol. The Bertz CT molecular complexity index is 1950. The van der Waals surface area contributed by atoms with Crippen molar-refractivity contribution < 1.29 is 0 Å². The number of rotatable bonds is 2. The van der Waals surface area contributed by atoms with E-state index in [1.807, 2.05) is 54.6 Å². The van der Waals surface area contributed by atoms with Crippen LogP contribution in [0.5, 0.6) is 0 Å². The van der Waals surface area contributed by atoms with Gasteiger partial charge in [-0.1, -0.05) is 35.7 Å². The van der Waals surface area contributed by atoms with Crippen LogP contribution >= 0.6 is 0 Å². The number of aromatic nitrogens is 2. The van der Waals surface area contributed by atoms with Crippen molar-refractivity contribution in [3.8, 4) is 12.1 Å². The van der Waals surface area contributed by atoms with Crippen LogP contribution in [0.15, 0.2) is 90.4 Å². The molecule has 2 aromatic heterocycles. The lowest BCUT2D eigenvalue weighted by molar-refractivity contribution is 0.575. The van der Waals surface area contributed by atoms with Gasteiger partial charge in [0.25, 0.3) is 0 Å². The van der Waals surface area contributed by atoms with E-state index in [0.717, 1.165) is 49.8 Å². The van der Waals surface area contributed by atoms with Crippen LogP contribution < -0.4 is 5.32 Å². The zero-order valence-electron chi connectivity index (χ0n) is 19.0. The number of nitrogens with zero attached hydrogens (tertiary/aromatic N) is 4. The number of fused-ring (bicyclic) bond motifs is 6. The van der Waals surface area contributed by atoms with Gasteiger partial charge in [-0.25, -0.2) is 0 Å². The highest BCUT2D eigenvalue weighted by molar-refractivity contribution is 6.09. The van der Waals surface area contributed by atoms with E-state index in [1.54, 1.807) is 0 Å². The first-order valence-electron chi connectivity index (χ1n) is 11.6. The van der Waals surface area contributed by atoms with E-state index < -0.39 is 0 Å². The Kier molecular flexibility index (Phi) is 4.18. The molecule has 0 spiro atoms. The number of nitrogens with one attached hydrogen (secondary N) is 1. The van der Waals surface area contributed by atoms with Crippen molar-refractivity contribution in [2.45, 2.75) is 6.17 Å². The average Bonchev–Trinajstić information content (AvgIpc) is 3.45. The Labute approximate surface area is 206 Å². The Morgan fingerprint density at radius 2 is 1.47 bits per heavy atom. The molecule has 1 aliphatic carbocycles. The van der Waals surface area contributed by atoms with Crippen LogP contribution in [-0.2, 0) is 0 Å². The predicted molar refractivity (Wildman–Crippen MR) is 142 cm³/mol. The molecule has 0 radical (unpaired) electrons. The van der Waals surface area contributed by atoms with Crippen molar-refractivity contribution in [2.24, 2.45) is 0 Å². The van der Waals surface area contributed by atoms with Crippen LogP contribution in [0.4, 0.5) is 0 Å². The van der Waals surface area contributed by atoms with Crippen molar-refractivity contribution in [1.82, 2.24) is 14.5 Å². The fraction of sp³-hybridized carbons (Fsp3) is 0.0323. The zero-order chi connectivity index (χ0) is 24.2. The van der Waals surface area contributed by atoms with Crippen LogP contribution in [0.1, 0.15) is 28.6 Å². The molecule has 0 bridgehead atoms. The molecule has 0 saturated heterocycles. The van der Waals surface area contributed by atoms with Crippen molar-refractivity contribution in [3.05, 3.63) is 113 Å². The minimum atomic E-state index is -0.179. The van der Waals surface area contributed by atoms with E-state index in [1.165, 1.54) is 0 Å². The minimum absolute atomic E-state index is 0.179. The highest BCUT2D eigenvalue weighted by Crippen LogP contribution is 2.36. The fourth-order valence-electron chi connectivity index (χ4n) is 5.34. The number of hydrogen-bond acceptors (Lipinski definition) is 3. The van der Waals surface area contributed by atoms with E-state index in [9.17, 15) is 10.5 Å². The van der Waals surface area contributed by atoms with Gasteiger partial charge in [-0.2, -0.15) is 10.5 Å². The summed E-state index contributed by atoms with van der Waals surface area (Å²) in [6, 6.07) is 24.3. The van der Waals surface area contributed by atoms with Gasteiger partial charge in [-0.3, -0.25) is 4.57 Å². The Balaban J connectivity index is 1.42. The molecule has 0 fully saturated rings. The molecule has 3 heterocycles. The van der Waals surface area contributed by atoms with Crippen molar-refractivity contribution >= 4 is 50.7 Å². The van der Waals surface area contributed by atoms with Crippen LogP contribution in [-0.4, -0.2) is 9.13 Å². The van der Waals surface area contributed by atoms with Gasteiger partial charge < -0.3 is 9.88 Å². The molecule has 0 saturated carbocycles. The van der Waals surface area contributed by atoms with Gasteiger partial charge >= 0.3 is 0 Å². The molecule has 0 amide bonds. The maximum absolute atomic E-state index is 9.49. The van der Waals surface area contributed by atoms with Gasteiger partial charge in [0.2, 0.25) is 0 Å². The number of nitriles is 2. The van der Waals surface area contributed by atoms with Crippen molar-refractivity contribution in [3.63, 3.8) is 0 Å². The Morgan fingerprint density at radius 1 is 0.778 bits per heavy atom. The summed E-state index contributed by atoms with van der Waals surface area (Å²) >= 11 is 0. The van der Waals surface area contributed by atoms with Gasteiger partial charge in [-0.05, 0) is 60.7 Å². The van der Waals surface area contributed by atoms with E-state index in [0.29, 0.717) is 11.1 Å². The molecule has 1 atom stereocenters. The third-order valence-electron chi connectivity index (χ3n) is 6.88. The van der Waals surface area contributed by atoms with Gasteiger partial charge in [0.05, 0.1) is 45.5 Å². The maximum Gasteiger partial charge on any atom is 0.124 e. The first kappa shape index (κ1) is 20.0. The summed E-state index contributed by atoms with van der Waals surface area (Å²) < 4.78 is 4.45. The molecule has 7 rings (SSSR count). The third kappa shape index (κ3) is 2.77. The Hall–Kier alpha value is -5.44. The second kappa shape index (κ2) is 7.54. The highest BCUT2D eigenvalue weighted by Gasteiger charge is 2.23. The molecule has 1 aliphatic heterocycles. The minimum Gasteiger partial charge on any atom is -0.347 e. The quantitative estimate of drug-likeness (QED) is 0.303. The standard InChI is InChI=1S/C31H17N5/c32-18-20-12-14-28-24(16-20)25-17-21(19-33)13-15-29(25)36(28)31-11-5-10-30(34-31)35-26-8-3-1-6-22(26)23-7-2-4-9-27(23)35/h1,3,5-17,31,34H. The summed E-state index contributed by atoms with van der Waals surface area (Å²) in [6.07, 6.45) is 10.0. The SMILES string of the molecule is N#Cc1ccc2c(c1)c1cc(C#N)ccc1n2C1C=CC=C(n2c3c(c4ccccc42)C=C=C=C3)N1. The molecule has 2 aliphatic rings. The molecular weight excluding hydrogens is 442 g/mol. The van der Waals surface area contributed by atoms with E-state index >= 15 is 0 Å². The zero-order valence-corrected chi connectivity index (χ0v) is 19.0. The number of allylic oxidation sites excluding steroid dienone is 2. The summed E-state index contributed by atoms with van der Waals surface area (Å²) in [5, 5.41) is 25.8. The molecule has 1 unspecified atom stereocenters. The molecule has 5 nitrogen and oxygen atoms in total. The summed E-state index contributed by atoms with van der Waals surface area (Å²) in [5.74, 6) is 0.950. The van der Waals surface area contributed by atoms with E-state index in [4.69, 9.17) is 0 Å². The van der Waals surface area contributed by atoms with Gasteiger partial charge in [0.15, 0.2) is 0 Å². The lowest BCUT2D eigenvalue weighted by Crippen LogP contribution is -2.28. The van der Waals surface area contributed by atoms with Crippen molar-refractivity contribution in [2.75, 3.05) is 0 Å². The van der Waals surface area contributed by atoms with Crippen molar-refractivity contribution in [1.29, 1.82) is 10.5 Å². The first-order chi connectivity index (χ1) is 17.8. The monoisotopic (exact) mass is 459 g/mol. The maximum atomic E-state index is 9.49. The Morgan fingerprint density at radius 3 is 2.19 bits per heavy atom. The van der Waals surface area contributed by atoms with Crippen LogP contribution in [0.3, 0.4) is 0 Å². The third-order valence-corrected chi connectivity index (χ3v) is 6.88. The lowest BCUT2D eigenvalue weighted by atomic mass is 10.1. The van der Waals surface area contributed by atoms with Gasteiger partial charge in [0.1, 0.15) is 12.0 Å². The molecule has 166 valence electrons. The number of dihydropyridines is 1. The first-order valence-corrected chi connectivity index (χ1v) is 11.6. The highest BCUT2D eigenvalue weighted by atomic mass is 15.3. The summed E-state index contributed by atoms with van der Waals surface area (Å²) in [6.45, 7) is 0. The normalized spacial score (nSPS) is 15.6. The summed E-state index contributed by atoms with van der Waals surface area (Å²) in [5.41, 5.74) is 12.7.